The lowest BCUT2D eigenvalue weighted by molar-refractivity contribution is 0.229. The number of hydrogen-bond donors (Lipinski definition) is 0. The molecule has 1 rings (SSSR count). The summed E-state index contributed by atoms with van der Waals surface area (Å²) < 4.78 is 0. The van der Waals surface area contributed by atoms with Crippen LogP contribution in [0, 0.1) is 5.41 Å². The fraction of sp³-hybridized carbons (Fsp3) is 0.600. The molecule has 0 bridgehead atoms. The largest absolute Gasteiger partial charge is 0.302 e. The van der Waals surface area contributed by atoms with Gasteiger partial charge in [0.15, 0.2) is 0 Å². The number of amides is 1. The molecule has 0 N–H and O–H groups in total. The Labute approximate surface area is 89.2 Å². The van der Waals surface area contributed by atoms with Gasteiger partial charge in [0, 0.05) is 11.2 Å². The third-order valence-electron chi connectivity index (χ3n) is 1.95. The van der Waals surface area contributed by atoms with Crippen molar-refractivity contribution in [2.24, 2.45) is 10.5 Å². The molecule has 0 saturated carbocycles. The van der Waals surface area contributed by atoms with Crippen molar-refractivity contribution in [2.45, 2.75) is 20.8 Å². The fourth-order valence-electron chi connectivity index (χ4n) is 1.02. The minimum absolute atomic E-state index is 0.0119. The molecule has 1 aliphatic heterocycles. The molecule has 0 unspecified atom stereocenters. The molecule has 78 valence electrons. The average molecular weight is 212 g/mol. The highest BCUT2D eigenvalue weighted by Gasteiger charge is 2.27. The van der Waals surface area contributed by atoms with E-state index in [2.05, 4.69) is 32.5 Å². The van der Waals surface area contributed by atoms with Crippen LogP contribution < -0.4 is 0 Å². The van der Waals surface area contributed by atoms with Crippen molar-refractivity contribution in [3.63, 3.8) is 0 Å². The van der Waals surface area contributed by atoms with Gasteiger partial charge in [0.05, 0.1) is 12.3 Å². The van der Waals surface area contributed by atoms with Gasteiger partial charge in [-0.25, -0.2) is 5.01 Å². The SMILES string of the molecule is C=CCN1N=C(C(C)(C)C)CSC1=O. The van der Waals surface area contributed by atoms with Crippen LogP contribution in [0.4, 0.5) is 4.79 Å². The third kappa shape index (κ3) is 2.61. The van der Waals surface area contributed by atoms with Crippen molar-refractivity contribution in [3.8, 4) is 0 Å². The second-order valence-electron chi connectivity index (χ2n) is 4.22. The average Bonchev–Trinajstić information content (AvgIpc) is 2.07. The summed E-state index contributed by atoms with van der Waals surface area (Å²) in [5, 5.41) is 5.82. The van der Waals surface area contributed by atoms with E-state index in [0.29, 0.717) is 12.3 Å². The van der Waals surface area contributed by atoms with Crippen LogP contribution in [0.3, 0.4) is 0 Å². The van der Waals surface area contributed by atoms with Crippen LogP contribution in [0.25, 0.3) is 0 Å². The first kappa shape index (κ1) is 11.3. The van der Waals surface area contributed by atoms with E-state index in [1.54, 1.807) is 6.08 Å². The molecule has 0 fully saturated rings. The van der Waals surface area contributed by atoms with E-state index in [1.165, 1.54) is 16.8 Å². The van der Waals surface area contributed by atoms with Gasteiger partial charge in [-0.2, -0.15) is 5.10 Å². The van der Waals surface area contributed by atoms with Gasteiger partial charge in [-0.1, -0.05) is 38.6 Å². The van der Waals surface area contributed by atoms with Crippen LogP contribution in [-0.2, 0) is 0 Å². The Hall–Kier alpha value is -0.770. The van der Waals surface area contributed by atoms with Gasteiger partial charge in [-0.05, 0) is 0 Å². The smallest absolute Gasteiger partial charge is 0.260 e. The molecule has 0 aromatic rings. The summed E-state index contributed by atoms with van der Waals surface area (Å²) >= 11 is 1.31. The predicted molar refractivity (Wildman–Crippen MR) is 61.6 cm³/mol. The second kappa shape index (κ2) is 4.17. The van der Waals surface area contributed by atoms with E-state index < -0.39 is 0 Å². The van der Waals surface area contributed by atoms with E-state index in [0.717, 1.165) is 5.71 Å². The maximum Gasteiger partial charge on any atom is 0.302 e. The van der Waals surface area contributed by atoms with Crippen LogP contribution in [0.5, 0.6) is 0 Å². The summed E-state index contributed by atoms with van der Waals surface area (Å²) in [5.74, 6) is 0.704. The summed E-state index contributed by atoms with van der Waals surface area (Å²) in [4.78, 5) is 11.4. The van der Waals surface area contributed by atoms with Crippen LogP contribution in [-0.4, -0.2) is 28.3 Å². The van der Waals surface area contributed by atoms with Crippen molar-refractivity contribution in [1.82, 2.24) is 5.01 Å². The summed E-state index contributed by atoms with van der Waals surface area (Å²) in [7, 11) is 0. The second-order valence-corrected chi connectivity index (χ2v) is 5.15. The Morgan fingerprint density at radius 1 is 1.64 bits per heavy atom. The fourth-order valence-corrected chi connectivity index (χ4v) is 2.04. The van der Waals surface area contributed by atoms with Crippen LogP contribution >= 0.6 is 11.8 Å². The first-order valence-corrected chi connectivity index (χ1v) is 5.57. The van der Waals surface area contributed by atoms with E-state index in [1.807, 2.05) is 0 Å². The van der Waals surface area contributed by atoms with Crippen LogP contribution in [0.1, 0.15) is 20.8 Å². The minimum atomic E-state index is 0.0119. The molecule has 4 heteroatoms. The molecule has 1 aliphatic rings. The molecular weight excluding hydrogens is 196 g/mol. The summed E-state index contributed by atoms with van der Waals surface area (Å²) in [6.07, 6.45) is 1.69. The molecule has 0 spiro atoms. The van der Waals surface area contributed by atoms with Gasteiger partial charge in [-0.3, -0.25) is 4.79 Å². The van der Waals surface area contributed by atoms with Crippen LogP contribution in [0.2, 0.25) is 0 Å². The normalized spacial score (nSPS) is 18.1. The van der Waals surface area contributed by atoms with Gasteiger partial charge < -0.3 is 0 Å². The van der Waals surface area contributed by atoms with Crippen molar-refractivity contribution in [2.75, 3.05) is 12.3 Å². The Morgan fingerprint density at radius 3 is 2.79 bits per heavy atom. The van der Waals surface area contributed by atoms with Gasteiger partial charge >= 0.3 is 5.24 Å². The highest BCUT2D eigenvalue weighted by molar-refractivity contribution is 8.14. The number of carbonyl (C=O) groups is 1. The predicted octanol–water partition coefficient (Wildman–Crippen LogP) is 2.74. The Bertz CT molecular complexity index is 278. The molecule has 3 nitrogen and oxygen atoms in total. The molecule has 0 saturated heterocycles. The molecule has 0 radical (unpaired) electrons. The molecule has 14 heavy (non-hydrogen) atoms. The zero-order valence-corrected chi connectivity index (χ0v) is 9.73. The number of hydrazone groups is 1. The Kier molecular flexibility index (Phi) is 3.37. The molecule has 0 aromatic carbocycles. The maximum absolute atomic E-state index is 11.4. The highest BCUT2D eigenvalue weighted by Crippen LogP contribution is 2.25. The standard InChI is InChI=1S/C10H16N2OS/c1-5-6-12-9(13)14-7-8(11-12)10(2,3)4/h5H,1,6-7H2,2-4H3. The monoisotopic (exact) mass is 212 g/mol. The van der Waals surface area contributed by atoms with Crippen molar-refractivity contribution >= 4 is 22.7 Å². The molecule has 0 aliphatic carbocycles. The summed E-state index contributed by atoms with van der Waals surface area (Å²) in [6.45, 7) is 10.4. The molecule has 0 aromatic heterocycles. The first-order valence-electron chi connectivity index (χ1n) is 4.58. The highest BCUT2D eigenvalue weighted by atomic mass is 32.2. The summed E-state index contributed by atoms with van der Waals surface area (Å²) in [5.41, 5.74) is 1.09. The Balaban J connectivity index is 2.85. The van der Waals surface area contributed by atoms with E-state index in [4.69, 9.17) is 0 Å². The van der Waals surface area contributed by atoms with Crippen molar-refractivity contribution < 1.29 is 4.79 Å². The number of carbonyl (C=O) groups excluding carboxylic acids is 1. The Morgan fingerprint density at radius 2 is 2.29 bits per heavy atom. The molecule has 0 atom stereocenters. The number of rotatable bonds is 2. The quantitative estimate of drug-likeness (QED) is 0.659. The molecule has 1 amide bonds. The zero-order chi connectivity index (χ0) is 10.8. The van der Waals surface area contributed by atoms with Crippen LogP contribution in [0.15, 0.2) is 17.8 Å². The van der Waals surface area contributed by atoms with E-state index in [-0.39, 0.29) is 10.7 Å². The molecule has 1 heterocycles. The summed E-state index contributed by atoms with van der Waals surface area (Å²) in [6, 6.07) is 0. The van der Waals surface area contributed by atoms with E-state index in [9.17, 15) is 4.79 Å². The zero-order valence-electron chi connectivity index (χ0n) is 8.91. The topological polar surface area (TPSA) is 32.7 Å². The maximum atomic E-state index is 11.4. The van der Waals surface area contributed by atoms with Gasteiger partial charge in [-0.15, -0.1) is 6.58 Å². The van der Waals surface area contributed by atoms with Gasteiger partial charge in [0.1, 0.15) is 0 Å². The first-order chi connectivity index (χ1) is 6.45. The van der Waals surface area contributed by atoms with Gasteiger partial charge in [0.2, 0.25) is 0 Å². The number of nitrogens with zero attached hydrogens (tertiary/aromatic N) is 2. The minimum Gasteiger partial charge on any atom is -0.260 e. The number of hydrogen-bond acceptors (Lipinski definition) is 3. The van der Waals surface area contributed by atoms with Crippen molar-refractivity contribution in [1.29, 1.82) is 0 Å². The lowest BCUT2D eigenvalue weighted by Crippen LogP contribution is -2.35. The third-order valence-corrected chi connectivity index (χ3v) is 2.83. The number of thioether (sulfide) groups is 1. The lowest BCUT2D eigenvalue weighted by Gasteiger charge is -2.28. The van der Waals surface area contributed by atoms with Gasteiger partial charge in [0.25, 0.3) is 0 Å². The lowest BCUT2D eigenvalue weighted by atomic mass is 9.91. The van der Waals surface area contributed by atoms with E-state index >= 15 is 0 Å². The molecular formula is C10H16N2OS. The van der Waals surface area contributed by atoms with Crippen molar-refractivity contribution in [3.05, 3.63) is 12.7 Å².